The monoisotopic (exact) mass is 414 g/mol. The lowest BCUT2D eigenvalue weighted by Gasteiger charge is -2.08. The maximum Gasteiger partial charge on any atom is 0.573 e. The number of rotatable bonds is 5. The summed E-state index contributed by atoms with van der Waals surface area (Å²) in [5.41, 5.74) is 3.26. The van der Waals surface area contributed by atoms with Gasteiger partial charge in [0.15, 0.2) is 11.5 Å². The van der Waals surface area contributed by atoms with Crippen LogP contribution in [-0.2, 0) is 6.54 Å². The standard InChI is InChI=1S/C21H17F3N4O2/c1-13-4-3-5-15(10-13)12-28-14(2)25-20(26-28)18-11-19(30-27-18)16-6-8-17(9-7-16)29-21(22,23)24/h3-11H,12H2,1-2H3. The molecule has 2 aromatic heterocycles. The van der Waals surface area contributed by atoms with Gasteiger partial charge in [0.05, 0.1) is 6.54 Å². The van der Waals surface area contributed by atoms with E-state index in [0.29, 0.717) is 29.4 Å². The van der Waals surface area contributed by atoms with Crippen molar-refractivity contribution >= 4 is 0 Å². The molecule has 2 aromatic carbocycles. The van der Waals surface area contributed by atoms with Gasteiger partial charge in [-0.15, -0.1) is 18.3 Å². The first-order chi connectivity index (χ1) is 14.3. The van der Waals surface area contributed by atoms with Crippen LogP contribution in [-0.4, -0.2) is 26.3 Å². The molecule has 0 atom stereocenters. The molecule has 0 aliphatic carbocycles. The average molecular weight is 414 g/mol. The van der Waals surface area contributed by atoms with Crippen molar-refractivity contribution in [1.82, 2.24) is 19.9 Å². The molecule has 4 aromatic rings. The van der Waals surface area contributed by atoms with Crippen LogP contribution in [0.15, 0.2) is 59.1 Å². The third kappa shape index (κ3) is 4.51. The molecule has 0 bridgehead atoms. The Balaban J connectivity index is 1.53. The number of aromatic nitrogens is 4. The lowest BCUT2D eigenvalue weighted by Crippen LogP contribution is -2.16. The van der Waals surface area contributed by atoms with E-state index in [2.05, 4.69) is 26.0 Å². The van der Waals surface area contributed by atoms with Crippen LogP contribution in [0.4, 0.5) is 13.2 Å². The Hall–Kier alpha value is -3.62. The van der Waals surface area contributed by atoms with E-state index in [9.17, 15) is 13.2 Å². The van der Waals surface area contributed by atoms with Gasteiger partial charge in [-0.2, -0.15) is 0 Å². The Bertz CT molecular complexity index is 1160. The van der Waals surface area contributed by atoms with Crippen molar-refractivity contribution < 1.29 is 22.4 Å². The zero-order chi connectivity index (χ0) is 21.3. The molecule has 0 spiro atoms. The lowest BCUT2D eigenvalue weighted by atomic mass is 10.1. The van der Waals surface area contributed by atoms with Gasteiger partial charge < -0.3 is 9.26 Å². The molecule has 9 heteroatoms. The molecule has 0 N–H and O–H groups in total. The van der Waals surface area contributed by atoms with Crippen LogP contribution in [0.3, 0.4) is 0 Å². The van der Waals surface area contributed by atoms with Crippen LogP contribution in [0.5, 0.6) is 5.75 Å². The van der Waals surface area contributed by atoms with E-state index in [-0.39, 0.29) is 5.75 Å². The summed E-state index contributed by atoms with van der Waals surface area (Å²) in [7, 11) is 0. The first-order valence-electron chi connectivity index (χ1n) is 9.07. The van der Waals surface area contributed by atoms with Crippen LogP contribution in [0.25, 0.3) is 22.8 Å². The fraction of sp³-hybridized carbons (Fsp3) is 0.190. The van der Waals surface area contributed by atoms with E-state index in [1.807, 2.05) is 32.0 Å². The Morgan fingerprint density at radius 1 is 1.03 bits per heavy atom. The van der Waals surface area contributed by atoms with E-state index >= 15 is 0 Å². The minimum Gasteiger partial charge on any atom is -0.406 e. The van der Waals surface area contributed by atoms with Crippen LogP contribution in [0.2, 0.25) is 0 Å². The highest BCUT2D eigenvalue weighted by Gasteiger charge is 2.31. The molecule has 0 saturated carbocycles. The van der Waals surface area contributed by atoms with Gasteiger partial charge in [-0.1, -0.05) is 35.0 Å². The summed E-state index contributed by atoms with van der Waals surface area (Å²) >= 11 is 0. The van der Waals surface area contributed by atoms with Crippen LogP contribution in [0.1, 0.15) is 17.0 Å². The quantitative estimate of drug-likeness (QED) is 0.451. The minimum absolute atomic E-state index is 0.307. The largest absolute Gasteiger partial charge is 0.573 e. The van der Waals surface area contributed by atoms with Gasteiger partial charge in [-0.3, -0.25) is 0 Å². The predicted molar refractivity (Wildman–Crippen MR) is 103 cm³/mol. The molecule has 4 rings (SSSR count). The molecule has 0 aliphatic rings. The zero-order valence-corrected chi connectivity index (χ0v) is 16.1. The molecule has 0 saturated heterocycles. The summed E-state index contributed by atoms with van der Waals surface area (Å²) in [4.78, 5) is 4.45. The third-order valence-electron chi connectivity index (χ3n) is 4.38. The van der Waals surface area contributed by atoms with Crippen LogP contribution in [0, 0.1) is 13.8 Å². The fourth-order valence-corrected chi connectivity index (χ4v) is 3.00. The molecule has 0 amide bonds. The number of nitrogens with zero attached hydrogens (tertiary/aromatic N) is 4. The van der Waals surface area contributed by atoms with Gasteiger partial charge in [0.2, 0.25) is 5.82 Å². The van der Waals surface area contributed by atoms with Crippen molar-refractivity contribution in [3.05, 3.63) is 71.5 Å². The lowest BCUT2D eigenvalue weighted by molar-refractivity contribution is -0.274. The number of hydrogen-bond acceptors (Lipinski definition) is 5. The van der Waals surface area contributed by atoms with Crippen molar-refractivity contribution in [3.8, 4) is 28.6 Å². The second kappa shape index (κ2) is 7.66. The fourth-order valence-electron chi connectivity index (χ4n) is 3.00. The van der Waals surface area contributed by atoms with Gasteiger partial charge in [0, 0.05) is 11.6 Å². The van der Waals surface area contributed by atoms with Crippen LogP contribution < -0.4 is 4.74 Å². The Kier molecular flexibility index (Phi) is 5.03. The summed E-state index contributed by atoms with van der Waals surface area (Å²) < 4.78 is 47.8. The highest BCUT2D eigenvalue weighted by molar-refractivity contribution is 5.63. The van der Waals surface area contributed by atoms with Gasteiger partial charge in [-0.25, -0.2) is 9.67 Å². The van der Waals surface area contributed by atoms with Gasteiger partial charge in [0.25, 0.3) is 0 Å². The van der Waals surface area contributed by atoms with E-state index in [1.54, 1.807) is 10.7 Å². The van der Waals surface area contributed by atoms with Gasteiger partial charge >= 0.3 is 6.36 Å². The van der Waals surface area contributed by atoms with Crippen molar-refractivity contribution in [2.24, 2.45) is 0 Å². The molecule has 30 heavy (non-hydrogen) atoms. The van der Waals surface area contributed by atoms with Crippen molar-refractivity contribution in [2.75, 3.05) is 0 Å². The average Bonchev–Trinajstić information content (AvgIpc) is 3.29. The molecular weight excluding hydrogens is 397 g/mol. The van der Waals surface area contributed by atoms with E-state index < -0.39 is 6.36 Å². The SMILES string of the molecule is Cc1cccc(Cn2nc(-c3cc(-c4ccc(OC(F)(F)F)cc4)on3)nc2C)c1. The summed E-state index contributed by atoms with van der Waals surface area (Å²) in [6, 6.07) is 15.1. The van der Waals surface area contributed by atoms with Gasteiger partial charge in [0.1, 0.15) is 11.6 Å². The van der Waals surface area contributed by atoms with Gasteiger partial charge in [-0.05, 0) is 43.7 Å². The van der Waals surface area contributed by atoms with Crippen molar-refractivity contribution in [3.63, 3.8) is 0 Å². The topological polar surface area (TPSA) is 66.0 Å². The van der Waals surface area contributed by atoms with Crippen molar-refractivity contribution in [1.29, 1.82) is 0 Å². The zero-order valence-electron chi connectivity index (χ0n) is 16.1. The predicted octanol–water partition coefficient (Wildman–Crippen LogP) is 5.16. The number of benzene rings is 2. The molecule has 0 aliphatic heterocycles. The molecule has 0 radical (unpaired) electrons. The Morgan fingerprint density at radius 3 is 2.50 bits per heavy atom. The second-order valence-corrected chi connectivity index (χ2v) is 6.78. The first kappa shape index (κ1) is 19.7. The third-order valence-corrected chi connectivity index (χ3v) is 4.38. The molecule has 0 fully saturated rings. The second-order valence-electron chi connectivity index (χ2n) is 6.78. The number of alkyl halides is 3. The molecule has 0 unspecified atom stereocenters. The highest BCUT2D eigenvalue weighted by Crippen LogP contribution is 2.28. The number of ether oxygens (including phenoxy) is 1. The highest BCUT2D eigenvalue weighted by atomic mass is 19.4. The summed E-state index contributed by atoms with van der Waals surface area (Å²) in [6.45, 7) is 4.46. The first-order valence-corrected chi connectivity index (χ1v) is 9.07. The van der Waals surface area contributed by atoms with E-state index in [1.165, 1.54) is 29.8 Å². The normalized spacial score (nSPS) is 11.6. The molecular formula is C21H17F3N4O2. The smallest absolute Gasteiger partial charge is 0.406 e. The summed E-state index contributed by atoms with van der Waals surface area (Å²) in [5, 5.41) is 8.50. The number of halogens is 3. The van der Waals surface area contributed by atoms with Crippen LogP contribution >= 0.6 is 0 Å². The molecule has 2 heterocycles. The number of aryl methyl sites for hydroxylation is 2. The molecule has 154 valence electrons. The van der Waals surface area contributed by atoms with E-state index in [4.69, 9.17) is 4.52 Å². The minimum atomic E-state index is -4.73. The summed E-state index contributed by atoms with van der Waals surface area (Å²) in [5.74, 6) is 1.21. The van der Waals surface area contributed by atoms with Crippen molar-refractivity contribution in [2.45, 2.75) is 26.8 Å². The maximum atomic E-state index is 12.3. The number of hydrogen-bond donors (Lipinski definition) is 0. The Labute approximate surface area is 169 Å². The van der Waals surface area contributed by atoms with E-state index in [0.717, 1.165) is 11.4 Å². The molecule has 6 nitrogen and oxygen atoms in total. The summed E-state index contributed by atoms with van der Waals surface area (Å²) in [6.07, 6.45) is -4.73. The Morgan fingerprint density at radius 2 is 1.80 bits per heavy atom. The maximum absolute atomic E-state index is 12.3.